The molecule has 106 valence electrons. The number of rotatable bonds is 6. The van der Waals surface area contributed by atoms with Gasteiger partial charge in [0.15, 0.2) is 0 Å². The number of hydrogen-bond donors (Lipinski definition) is 1. The van der Waals surface area contributed by atoms with Crippen LogP contribution < -0.4 is 10.5 Å². The zero-order chi connectivity index (χ0) is 14.0. The first-order valence-electron chi connectivity index (χ1n) is 7.18. The van der Waals surface area contributed by atoms with Crippen molar-refractivity contribution in [2.24, 2.45) is 5.73 Å². The molecule has 0 saturated heterocycles. The lowest BCUT2D eigenvalue weighted by molar-refractivity contribution is 0.240. The molecule has 2 rings (SSSR count). The summed E-state index contributed by atoms with van der Waals surface area (Å²) in [6.07, 6.45) is 2.61. The SMILES string of the molecule is COc1ccc(C(CN)N(C)C2CC2)cc1C(C)C. The summed E-state index contributed by atoms with van der Waals surface area (Å²) < 4.78 is 5.45. The van der Waals surface area contributed by atoms with Gasteiger partial charge in [-0.2, -0.15) is 0 Å². The summed E-state index contributed by atoms with van der Waals surface area (Å²) in [4.78, 5) is 2.42. The van der Waals surface area contributed by atoms with Crippen molar-refractivity contribution < 1.29 is 4.74 Å². The van der Waals surface area contributed by atoms with E-state index < -0.39 is 0 Å². The highest BCUT2D eigenvalue weighted by atomic mass is 16.5. The maximum absolute atomic E-state index is 6.00. The Balaban J connectivity index is 2.29. The van der Waals surface area contributed by atoms with Crippen LogP contribution in [0.25, 0.3) is 0 Å². The molecule has 0 heterocycles. The maximum Gasteiger partial charge on any atom is 0.122 e. The fraction of sp³-hybridized carbons (Fsp3) is 0.625. The quantitative estimate of drug-likeness (QED) is 0.856. The van der Waals surface area contributed by atoms with Crippen molar-refractivity contribution in [2.45, 2.75) is 44.7 Å². The van der Waals surface area contributed by atoms with E-state index in [1.165, 1.54) is 24.0 Å². The lowest BCUT2D eigenvalue weighted by Crippen LogP contribution is -2.32. The summed E-state index contributed by atoms with van der Waals surface area (Å²) >= 11 is 0. The van der Waals surface area contributed by atoms with Crippen LogP contribution in [0.2, 0.25) is 0 Å². The van der Waals surface area contributed by atoms with E-state index in [2.05, 4.69) is 44.0 Å². The molecule has 3 heteroatoms. The van der Waals surface area contributed by atoms with E-state index in [-0.39, 0.29) is 0 Å². The predicted octanol–water partition coefficient (Wildman–Crippen LogP) is 2.91. The first-order valence-corrected chi connectivity index (χ1v) is 7.18. The van der Waals surface area contributed by atoms with Crippen LogP contribution in [-0.4, -0.2) is 31.6 Å². The lowest BCUT2D eigenvalue weighted by Gasteiger charge is -2.28. The molecular formula is C16H26N2O. The van der Waals surface area contributed by atoms with E-state index in [9.17, 15) is 0 Å². The topological polar surface area (TPSA) is 38.5 Å². The van der Waals surface area contributed by atoms with Crippen LogP contribution in [0.15, 0.2) is 18.2 Å². The van der Waals surface area contributed by atoms with Gasteiger partial charge in [-0.05, 0) is 43.0 Å². The van der Waals surface area contributed by atoms with Gasteiger partial charge in [-0.3, -0.25) is 4.90 Å². The Bertz CT molecular complexity index is 427. The first kappa shape index (κ1) is 14.4. The van der Waals surface area contributed by atoms with Crippen LogP contribution in [-0.2, 0) is 0 Å². The summed E-state index contributed by atoms with van der Waals surface area (Å²) in [5, 5.41) is 0. The smallest absolute Gasteiger partial charge is 0.122 e. The van der Waals surface area contributed by atoms with Crippen molar-refractivity contribution >= 4 is 0 Å². The number of hydrogen-bond acceptors (Lipinski definition) is 3. The minimum Gasteiger partial charge on any atom is -0.496 e. The van der Waals surface area contributed by atoms with Gasteiger partial charge < -0.3 is 10.5 Å². The molecule has 1 aromatic rings. The normalized spacial score (nSPS) is 17.0. The van der Waals surface area contributed by atoms with Crippen LogP contribution in [0.5, 0.6) is 5.75 Å². The lowest BCUT2D eigenvalue weighted by atomic mass is 9.96. The number of likely N-dealkylation sites (N-methyl/N-ethyl adjacent to an activating group) is 1. The third-order valence-corrected chi connectivity index (χ3v) is 4.10. The molecule has 0 radical (unpaired) electrons. The van der Waals surface area contributed by atoms with Crippen molar-refractivity contribution in [3.8, 4) is 5.75 Å². The van der Waals surface area contributed by atoms with Gasteiger partial charge in [0, 0.05) is 18.6 Å². The number of benzene rings is 1. The van der Waals surface area contributed by atoms with Crippen LogP contribution in [0.3, 0.4) is 0 Å². The highest BCUT2D eigenvalue weighted by molar-refractivity contribution is 5.40. The molecule has 0 aromatic heterocycles. The van der Waals surface area contributed by atoms with Crippen LogP contribution in [0, 0.1) is 0 Å². The second-order valence-corrected chi connectivity index (χ2v) is 5.80. The molecule has 1 unspecified atom stereocenters. The third kappa shape index (κ3) is 3.10. The van der Waals surface area contributed by atoms with Gasteiger partial charge in [0.25, 0.3) is 0 Å². The molecule has 1 atom stereocenters. The molecule has 19 heavy (non-hydrogen) atoms. The van der Waals surface area contributed by atoms with Crippen LogP contribution in [0.4, 0.5) is 0 Å². The van der Waals surface area contributed by atoms with E-state index in [4.69, 9.17) is 10.5 Å². The van der Waals surface area contributed by atoms with Gasteiger partial charge in [0.2, 0.25) is 0 Å². The number of methoxy groups -OCH3 is 1. The zero-order valence-electron chi connectivity index (χ0n) is 12.5. The van der Waals surface area contributed by atoms with E-state index >= 15 is 0 Å². The molecule has 1 aromatic carbocycles. The molecule has 2 N–H and O–H groups in total. The van der Waals surface area contributed by atoms with E-state index in [1.807, 2.05) is 0 Å². The van der Waals surface area contributed by atoms with E-state index in [0.717, 1.165) is 11.8 Å². The summed E-state index contributed by atoms with van der Waals surface area (Å²) in [5.41, 5.74) is 8.57. The fourth-order valence-electron chi connectivity index (χ4n) is 2.69. The van der Waals surface area contributed by atoms with Crippen molar-refractivity contribution in [1.29, 1.82) is 0 Å². The molecule has 1 aliphatic carbocycles. The molecule has 0 aliphatic heterocycles. The monoisotopic (exact) mass is 262 g/mol. The van der Waals surface area contributed by atoms with Gasteiger partial charge in [-0.15, -0.1) is 0 Å². The van der Waals surface area contributed by atoms with Crippen molar-refractivity contribution in [2.75, 3.05) is 20.7 Å². The average Bonchev–Trinajstić information content (AvgIpc) is 3.23. The van der Waals surface area contributed by atoms with Crippen LogP contribution >= 0.6 is 0 Å². The molecule has 0 bridgehead atoms. The number of ether oxygens (including phenoxy) is 1. The average molecular weight is 262 g/mol. The second kappa shape index (κ2) is 5.93. The van der Waals surface area contributed by atoms with Crippen molar-refractivity contribution in [3.05, 3.63) is 29.3 Å². The van der Waals surface area contributed by atoms with Gasteiger partial charge >= 0.3 is 0 Å². The standard InChI is InChI=1S/C16H26N2O/c1-11(2)14-9-12(5-8-16(14)19-4)15(10-17)18(3)13-6-7-13/h5,8-9,11,13,15H,6-7,10,17H2,1-4H3. The second-order valence-electron chi connectivity index (χ2n) is 5.80. The molecule has 3 nitrogen and oxygen atoms in total. The largest absolute Gasteiger partial charge is 0.496 e. The number of nitrogens with zero attached hydrogens (tertiary/aromatic N) is 1. The van der Waals surface area contributed by atoms with Gasteiger partial charge in [0.05, 0.1) is 7.11 Å². The Morgan fingerprint density at radius 3 is 2.53 bits per heavy atom. The Labute approximate surface area is 116 Å². The Kier molecular flexibility index (Phi) is 4.48. The third-order valence-electron chi connectivity index (χ3n) is 4.10. The predicted molar refractivity (Wildman–Crippen MR) is 79.7 cm³/mol. The molecular weight excluding hydrogens is 236 g/mol. The zero-order valence-corrected chi connectivity index (χ0v) is 12.5. The number of nitrogens with two attached hydrogens (primary N) is 1. The van der Waals surface area contributed by atoms with E-state index in [0.29, 0.717) is 18.5 Å². The Hall–Kier alpha value is -1.06. The fourth-order valence-corrected chi connectivity index (χ4v) is 2.69. The Morgan fingerprint density at radius 2 is 2.05 bits per heavy atom. The van der Waals surface area contributed by atoms with Gasteiger partial charge in [-0.1, -0.05) is 26.0 Å². The summed E-state index contributed by atoms with van der Waals surface area (Å²) in [6.45, 7) is 5.06. The minimum atomic E-state index is 0.316. The molecule has 1 aliphatic rings. The molecule has 0 spiro atoms. The summed E-state index contributed by atoms with van der Waals surface area (Å²) in [6, 6.07) is 7.53. The van der Waals surface area contributed by atoms with Crippen LogP contribution in [0.1, 0.15) is 49.8 Å². The minimum absolute atomic E-state index is 0.316. The van der Waals surface area contributed by atoms with Gasteiger partial charge in [0.1, 0.15) is 5.75 Å². The molecule has 0 amide bonds. The molecule has 1 fully saturated rings. The van der Waals surface area contributed by atoms with Gasteiger partial charge in [-0.25, -0.2) is 0 Å². The summed E-state index contributed by atoms with van der Waals surface area (Å²) in [5.74, 6) is 1.43. The molecule has 1 saturated carbocycles. The van der Waals surface area contributed by atoms with Crippen molar-refractivity contribution in [3.63, 3.8) is 0 Å². The maximum atomic E-state index is 6.00. The first-order chi connectivity index (χ1) is 9.08. The van der Waals surface area contributed by atoms with Crippen molar-refractivity contribution in [1.82, 2.24) is 4.90 Å². The highest BCUT2D eigenvalue weighted by Crippen LogP contribution is 2.35. The summed E-state index contributed by atoms with van der Waals surface area (Å²) in [7, 11) is 3.92. The van der Waals surface area contributed by atoms with E-state index in [1.54, 1.807) is 7.11 Å². The Morgan fingerprint density at radius 1 is 1.37 bits per heavy atom. The highest BCUT2D eigenvalue weighted by Gasteiger charge is 2.31.